The Hall–Kier alpha value is -1.25. The van der Waals surface area contributed by atoms with Crippen molar-refractivity contribution in [1.82, 2.24) is 0 Å². The third kappa shape index (κ3) is 1.67. The summed E-state index contributed by atoms with van der Waals surface area (Å²) in [7, 11) is 5.83. The summed E-state index contributed by atoms with van der Waals surface area (Å²) < 4.78 is 0. The van der Waals surface area contributed by atoms with Gasteiger partial charge in [0.25, 0.3) is 0 Å². The molecule has 0 atom stereocenters. The Morgan fingerprint density at radius 1 is 1.36 bits per heavy atom. The van der Waals surface area contributed by atoms with Crippen molar-refractivity contribution >= 4 is 24.9 Å². The highest BCUT2D eigenvalue weighted by atomic mass is 16.1. The fourth-order valence-electron chi connectivity index (χ4n) is 1.94. The first-order valence-corrected chi connectivity index (χ1v) is 4.85. The Kier molecular flexibility index (Phi) is 2.32. The average molecular weight is 185 g/mol. The molecule has 1 N–H and O–H groups in total. The van der Waals surface area contributed by atoms with E-state index in [4.69, 9.17) is 7.85 Å². The molecule has 0 unspecified atom stereocenters. The zero-order valence-corrected chi connectivity index (χ0v) is 8.26. The first kappa shape index (κ1) is 9.32. The third-order valence-electron chi connectivity index (χ3n) is 2.57. The molecule has 0 saturated heterocycles. The van der Waals surface area contributed by atoms with E-state index in [1.165, 1.54) is 24.5 Å². The molecule has 2 nitrogen and oxygen atoms in total. The quantitative estimate of drug-likeness (QED) is 0.647. The van der Waals surface area contributed by atoms with Gasteiger partial charge < -0.3 is 5.32 Å². The number of hydrogen-bond acceptors (Lipinski definition) is 1. The van der Waals surface area contributed by atoms with E-state index < -0.39 is 0 Å². The number of anilines is 1. The van der Waals surface area contributed by atoms with Crippen LogP contribution in [0.2, 0.25) is 0 Å². The molecule has 0 aliphatic heterocycles. The maximum atomic E-state index is 10.9. The highest BCUT2D eigenvalue weighted by Crippen LogP contribution is 2.23. The van der Waals surface area contributed by atoms with Crippen LogP contribution in [0.1, 0.15) is 24.5 Å². The molecular weight excluding hydrogens is 173 g/mol. The second kappa shape index (κ2) is 3.48. The van der Waals surface area contributed by atoms with Gasteiger partial charge in [-0.25, -0.2) is 0 Å². The monoisotopic (exact) mass is 185 g/mol. The molecule has 1 amide bonds. The number of fused-ring (bicyclic) bond motifs is 1. The molecule has 1 aromatic rings. The van der Waals surface area contributed by atoms with Crippen molar-refractivity contribution in [2.75, 3.05) is 5.32 Å². The van der Waals surface area contributed by atoms with Crippen LogP contribution in [0.15, 0.2) is 12.1 Å². The van der Waals surface area contributed by atoms with Crippen molar-refractivity contribution in [2.24, 2.45) is 0 Å². The van der Waals surface area contributed by atoms with Gasteiger partial charge in [-0.15, -0.1) is 0 Å². The standard InChI is InChI=1S/C11H12BNO/c1-7(14)13-11-6-9-4-2-3-8(9)5-10(11)12/h5-6H,2-4H2,1H3,(H,13,14). The minimum Gasteiger partial charge on any atom is -0.327 e. The van der Waals surface area contributed by atoms with Gasteiger partial charge in [0.1, 0.15) is 7.85 Å². The Bertz CT molecular complexity index is 387. The topological polar surface area (TPSA) is 29.1 Å². The van der Waals surface area contributed by atoms with Crippen LogP contribution in [0.5, 0.6) is 0 Å². The summed E-state index contributed by atoms with van der Waals surface area (Å²) >= 11 is 0. The van der Waals surface area contributed by atoms with Crippen LogP contribution in [0, 0.1) is 0 Å². The molecule has 2 radical (unpaired) electrons. The summed E-state index contributed by atoms with van der Waals surface area (Å²) in [5.41, 5.74) is 4.07. The highest BCUT2D eigenvalue weighted by molar-refractivity contribution is 6.36. The molecule has 14 heavy (non-hydrogen) atoms. The summed E-state index contributed by atoms with van der Waals surface area (Å²) in [5.74, 6) is -0.0744. The van der Waals surface area contributed by atoms with Crippen LogP contribution in [0.3, 0.4) is 0 Å². The van der Waals surface area contributed by atoms with E-state index in [-0.39, 0.29) is 5.91 Å². The summed E-state index contributed by atoms with van der Waals surface area (Å²) in [6.45, 7) is 1.49. The van der Waals surface area contributed by atoms with E-state index in [9.17, 15) is 4.79 Å². The van der Waals surface area contributed by atoms with Gasteiger partial charge in [-0.1, -0.05) is 11.5 Å². The highest BCUT2D eigenvalue weighted by Gasteiger charge is 2.12. The Labute approximate surface area is 85.1 Å². The van der Waals surface area contributed by atoms with Crippen molar-refractivity contribution in [3.8, 4) is 0 Å². The van der Waals surface area contributed by atoms with Gasteiger partial charge in [0.15, 0.2) is 0 Å². The van der Waals surface area contributed by atoms with E-state index in [0.29, 0.717) is 5.46 Å². The first-order valence-electron chi connectivity index (χ1n) is 4.85. The van der Waals surface area contributed by atoms with Crippen LogP contribution in [-0.2, 0) is 17.6 Å². The van der Waals surface area contributed by atoms with E-state index in [1.807, 2.05) is 12.1 Å². The molecule has 0 heterocycles. The minimum atomic E-state index is -0.0744. The lowest BCUT2D eigenvalue weighted by atomic mass is 9.90. The molecule has 1 aliphatic rings. The number of rotatable bonds is 1. The molecule has 0 saturated carbocycles. The molecule has 0 fully saturated rings. The van der Waals surface area contributed by atoms with Crippen molar-refractivity contribution in [3.05, 3.63) is 23.3 Å². The zero-order chi connectivity index (χ0) is 10.1. The average Bonchev–Trinajstić information content (AvgIpc) is 2.51. The van der Waals surface area contributed by atoms with E-state index >= 15 is 0 Å². The van der Waals surface area contributed by atoms with Gasteiger partial charge >= 0.3 is 0 Å². The normalized spacial score (nSPS) is 13.8. The van der Waals surface area contributed by atoms with Gasteiger partial charge in [-0.3, -0.25) is 4.79 Å². The minimum absolute atomic E-state index is 0.0744. The second-order valence-corrected chi connectivity index (χ2v) is 3.74. The lowest BCUT2D eigenvalue weighted by Crippen LogP contribution is -2.16. The van der Waals surface area contributed by atoms with Gasteiger partial charge in [-0.05, 0) is 36.5 Å². The zero-order valence-electron chi connectivity index (χ0n) is 8.26. The predicted octanol–water partition coefficient (Wildman–Crippen LogP) is 0.927. The number of benzene rings is 1. The van der Waals surface area contributed by atoms with Crippen LogP contribution in [0.4, 0.5) is 5.69 Å². The van der Waals surface area contributed by atoms with Gasteiger partial charge in [-0.2, -0.15) is 0 Å². The van der Waals surface area contributed by atoms with E-state index in [0.717, 1.165) is 18.5 Å². The summed E-state index contributed by atoms with van der Waals surface area (Å²) in [5, 5.41) is 2.74. The largest absolute Gasteiger partial charge is 0.327 e. The van der Waals surface area contributed by atoms with Gasteiger partial charge in [0, 0.05) is 12.6 Å². The van der Waals surface area contributed by atoms with Crippen molar-refractivity contribution in [1.29, 1.82) is 0 Å². The molecular formula is C11H12BNO. The smallest absolute Gasteiger partial charge is 0.221 e. The number of amides is 1. The third-order valence-corrected chi connectivity index (χ3v) is 2.57. The number of carbonyl (C=O) groups is 1. The number of aryl methyl sites for hydroxylation is 2. The van der Waals surface area contributed by atoms with Crippen LogP contribution < -0.4 is 10.8 Å². The Morgan fingerprint density at radius 3 is 2.64 bits per heavy atom. The van der Waals surface area contributed by atoms with Crippen LogP contribution in [-0.4, -0.2) is 13.8 Å². The Balaban J connectivity index is 2.37. The second-order valence-electron chi connectivity index (χ2n) is 3.74. The van der Waals surface area contributed by atoms with Crippen molar-refractivity contribution < 1.29 is 4.79 Å². The molecule has 2 rings (SSSR count). The number of hydrogen-bond donors (Lipinski definition) is 1. The molecule has 3 heteroatoms. The van der Waals surface area contributed by atoms with Crippen molar-refractivity contribution in [3.63, 3.8) is 0 Å². The summed E-state index contributed by atoms with van der Waals surface area (Å²) in [6.07, 6.45) is 3.40. The fourth-order valence-corrected chi connectivity index (χ4v) is 1.94. The maximum Gasteiger partial charge on any atom is 0.221 e. The molecule has 1 aromatic carbocycles. The predicted molar refractivity (Wildman–Crippen MR) is 58.2 cm³/mol. The van der Waals surface area contributed by atoms with Gasteiger partial charge in [0.2, 0.25) is 5.91 Å². The summed E-state index contributed by atoms with van der Waals surface area (Å²) in [4.78, 5) is 10.9. The number of carbonyl (C=O) groups excluding carboxylic acids is 1. The van der Waals surface area contributed by atoms with Gasteiger partial charge in [0.05, 0.1) is 0 Å². The molecule has 0 aromatic heterocycles. The maximum absolute atomic E-state index is 10.9. The molecule has 1 aliphatic carbocycles. The summed E-state index contributed by atoms with van der Waals surface area (Å²) in [6, 6.07) is 3.98. The lowest BCUT2D eigenvalue weighted by Gasteiger charge is -2.09. The van der Waals surface area contributed by atoms with E-state index in [1.54, 1.807) is 0 Å². The lowest BCUT2D eigenvalue weighted by molar-refractivity contribution is -0.114. The molecule has 0 bridgehead atoms. The molecule has 70 valence electrons. The van der Waals surface area contributed by atoms with E-state index in [2.05, 4.69) is 5.32 Å². The number of nitrogens with one attached hydrogen (secondary N) is 1. The SMILES string of the molecule is [B]c1cc2c(cc1NC(C)=O)CCC2. The van der Waals surface area contributed by atoms with Crippen LogP contribution >= 0.6 is 0 Å². The van der Waals surface area contributed by atoms with Crippen LogP contribution in [0.25, 0.3) is 0 Å². The van der Waals surface area contributed by atoms with Crippen molar-refractivity contribution in [2.45, 2.75) is 26.2 Å². The first-order chi connectivity index (χ1) is 6.66. The molecule has 0 spiro atoms. The Morgan fingerprint density at radius 2 is 2.00 bits per heavy atom. The fraction of sp³-hybridized carbons (Fsp3) is 0.364.